The number of amidine groups is 1. The number of hydrogen-bond acceptors (Lipinski definition) is 6. The Hall–Kier alpha value is -2.57. The molecular formula is C13H17N3O4. The standard InChI is InChI=1S/C13H17N3O4/c1-5-19-13(18)11(8(3)9(4)17)15-12(14)10-6-7(2)20-16-10/h6,17H,4-5H2,1-3H3,(H2,14,15)/b11-8-. The zero-order valence-electron chi connectivity index (χ0n) is 11.6. The molecule has 1 rings (SSSR count). The lowest BCUT2D eigenvalue weighted by Crippen LogP contribution is -2.17. The van der Waals surface area contributed by atoms with Gasteiger partial charge in [-0.1, -0.05) is 11.7 Å². The first kappa shape index (κ1) is 15.5. The van der Waals surface area contributed by atoms with Gasteiger partial charge in [0.1, 0.15) is 17.2 Å². The van der Waals surface area contributed by atoms with Gasteiger partial charge in [0.15, 0.2) is 11.5 Å². The summed E-state index contributed by atoms with van der Waals surface area (Å²) in [5.74, 6) is -0.460. The molecule has 0 saturated heterocycles. The largest absolute Gasteiger partial charge is 0.508 e. The molecule has 0 amide bonds. The molecule has 0 radical (unpaired) electrons. The number of carbonyl (C=O) groups is 1. The molecule has 1 aromatic heterocycles. The molecule has 0 bridgehead atoms. The normalized spacial score (nSPS) is 12.8. The molecule has 20 heavy (non-hydrogen) atoms. The zero-order valence-corrected chi connectivity index (χ0v) is 11.6. The molecule has 7 heteroatoms. The Morgan fingerprint density at radius 1 is 1.65 bits per heavy atom. The summed E-state index contributed by atoms with van der Waals surface area (Å²) in [7, 11) is 0. The summed E-state index contributed by atoms with van der Waals surface area (Å²) in [6.45, 7) is 8.37. The van der Waals surface area contributed by atoms with E-state index in [0.29, 0.717) is 11.5 Å². The van der Waals surface area contributed by atoms with Gasteiger partial charge in [-0.15, -0.1) is 0 Å². The van der Waals surface area contributed by atoms with Gasteiger partial charge in [-0.3, -0.25) is 0 Å². The molecule has 0 saturated carbocycles. The van der Waals surface area contributed by atoms with E-state index in [2.05, 4.69) is 16.7 Å². The number of aromatic nitrogens is 1. The molecule has 3 N–H and O–H groups in total. The highest BCUT2D eigenvalue weighted by Gasteiger charge is 2.17. The zero-order chi connectivity index (χ0) is 15.3. The minimum absolute atomic E-state index is 0.0227. The fourth-order valence-corrected chi connectivity index (χ4v) is 1.28. The highest BCUT2D eigenvalue weighted by atomic mass is 16.5. The SMILES string of the molecule is C=C(O)/C(C)=C(\N=C(/N)c1cc(C)on1)C(=O)OCC. The van der Waals surface area contributed by atoms with Crippen molar-refractivity contribution in [3.05, 3.63) is 41.1 Å². The van der Waals surface area contributed by atoms with Gasteiger partial charge in [-0.05, 0) is 20.8 Å². The Morgan fingerprint density at radius 2 is 2.30 bits per heavy atom. The van der Waals surface area contributed by atoms with Crippen molar-refractivity contribution in [3.8, 4) is 0 Å². The fraction of sp³-hybridized carbons (Fsp3) is 0.308. The second-order valence-electron chi connectivity index (χ2n) is 3.96. The number of rotatable bonds is 5. The summed E-state index contributed by atoms with van der Waals surface area (Å²) in [4.78, 5) is 15.8. The van der Waals surface area contributed by atoms with Crippen LogP contribution in [0, 0.1) is 6.92 Å². The highest BCUT2D eigenvalue weighted by molar-refractivity contribution is 6.00. The molecule has 0 fully saturated rings. The topological polar surface area (TPSA) is 111 Å². The van der Waals surface area contributed by atoms with E-state index in [-0.39, 0.29) is 29.5 Å². The third-order valence-corrected chi connectivity index (χ3v) is 2.38. The van der Waals surface area contributed by atoms with Gasteiger partial charge in [0.25, 0.3) is 0 Å². The molecule has 0 spiro atoms. The van der Waals surface area contributed by atoms with Crippen LogP contribution >= 0.6 is 0 Å². The van der Waals surface area contributed by atoms with E-state index < -0.39 is 5.97 Å². The van der Waals surface area contributed by atoms with Gasteiger partial charge in [-0.25, -0.2) is 9.79 Å². The maximum absolute atomic E-state index is 11.8. The van der Waals surface area contributed by atoms with Gasteiger partial charge in [0.05, 0.1) is 6.61 Å². The van der Waals surface area contributed by atoms with Crippen molar-refractivity contribution < 1.29 is 19.2 Å². The van der Waals surface area contributed by atoms with Crippen molar-refractivity contribution in [1.82, 2.24) is 5.16 Å². The maximum Gasteiger partial charge on any atom is 0.357 e. The maximum atomic E-state index is 11.8. The summed E-state index contributed by atoms with van der Waals surface area (Å²) in [6, 6.07) is 1.57. The number of allylic oxidation sites excluding steroid dienone is 1. The summed E-state index contributed by atoms with van der Waals surface area (Å²) in [5.41, 5.74) is 6.09. The second kappa shape index (κ2) is 6.55. The smallest absolute Gasteiger partial charge is 0.357 e. The lowest BCUT2D eigenvalue weighted by Gasteiger charge is -2.07. The lowest BCUT2D eigenvalue weighted by atomic mass is 10.2. The van der Waals surface area contributed by atoms with Crippen molar-refractivity contribution in [1.29, 1.82) is 0 Å². The minimum Gasteiger partial charge on any atom is -0.508 e. The number of carbonyl (C=O) groups excluding carboxylic acids is 1. The van der Waals surface area contributed by atoms with Crippen LogP contribution in [0.4, 0.5) is 0 Å². The number of nitrogens with zero attached hydrogens (tertiary/aromatic N) is 2. The molecular weight excluding hydrogens is 262 g/mol. The number of ether oxygens (including phenoxy) is 1. The number of nitrogens with two attached hydrogens (primary N) is 1. The van der Waals surface area contributed by atoms with E-state index in [0.717, 1.165) is 0 Å². The quantitative estimate of drug-likeness (QED) is 0.211. The van der Waals surface area contributed by atoms with Gasteiger partial charge < -0.3 is 20.1 Å². The van der Waals surface area contributed by atoms with Crippen LogP contribution in [0.1, 0.15) is 25.3 Å². The van der Waals surface area contributed by atoms with E-state index in [1.807, 2.05) is 0 Å². The molecule has 0 aliphatic heterocycles. The molecule has 1 aromatic rings. The molecule has 0 unspecified atom stereocenters. The second-order valence-corrected chi connectivity index (χ2v) is 3.96. The number of aliphatic hydroxyl groups is 1. The van der Waals surface area contributed by atoms with Crippen molar-refractivity contribution in [2.75, 3.05) is 6.61 Å². The molecule has 7 nitrogen and oxygen atoms in total. The minimum atomic E-state index is -0.705. The third kappa shape index (κ3) is 3.71. The summed E-state index contributed by atoms with van der Waals surface area (Å²) in [6.07, 6.45) is 0. The first-order valence-electron chi connectivity index (χ1n) is 5.90. The Balaban J connectivity index is 3.22. The highest BCUT2D eigenvalue weighted by Crippen LogP contribution is 2.15. The van der Waals surface area contributed by atoms with Gasteiger partial charge in [0, 0.05) is 11.6 Å². The summed E-state index contributed by atoms with van der Waals surface area (Å²) < 4.78 is 9.73. The van der Waals surface area contributed by atoms with Crippen molar-refractivity contribution >= 4 is 11.8 Å². The molecule has 0 aromatic carbocycles. The van der Waals surface area contributed by atoms with Crippen LogP contribution in [0.15, 0.2) is 39.2 Å². The molecule has 108 valence electrons. The average Bonchev–Trinajstić information content (AvgIpc) is 2.81. The van der Waals surface area contributed by atoms with Crippen LogP contribution in [-0.4, -0.2) is 28.7 Å². The first-order chi connectivity index (χ1) is 9.36. The Kier molecular flexibility index (Phi) is 5.08. The van der Waals surface area contributed by atoms with Gasteiger partial charge in [-0.2, -0.15) is 0 Å². The van der Waals surface area contributed by atoms with E-state index in [9.17, 15) is 9.90 Å². The van der Waals surface area contributed by atoms with E-state index in [1.165, 1.54) is 6.92 Å². The van der Waals surface area contributed by atoms with Gasteiger partial charge >= 0.3 is 5.97 Å². The number of esters is 1. The molecule has 0 aliphatic rings. The Bertz CT molecular complexity index is 584. The van der Waals surface area contributed by atoms with E-state index in [1.54, 1.807) is 19.9 Å². The fourth-order valence-electron chi connectivity index (χ4n) is 1.28. The molecule has 0 atom stereocenters. The number of aryl methyl sites for hydroxylation is 1. The predicted molar refractivity (Wildman–Crippen MR) is 73.1 cm³/mol. The molecule has 0 aliphatic carbocycles. The summed E-state index contributed by atoms with van der Waals surface area (Å²) in [5, 5.41) is 13.1. The van der Waals surface area contributed by atoms with Crippen molar-refractivity contribution in [2.45, 2.75) is 20.8 Å². The van der Waals surface area contributed by atoms with E-state index in [4.69, 9.17) is 15.0 Å². The number of hydrogen-bond donors (Lipinski definition) is 2. The van der Waals surface area contributed by atoms with Crippen LogP contribution in [0.5, 0.6) is 0 Å². The predicted octanol–water partition coefficient (Wildman–Crippen LogP) is 1.60. The number of aliphatic imine (C=N–C) groups is 1. The van der Waals surface area contributed by atoms with Crippen LogP contribution in [0.25, 0.3) is 0 Å². The van der Waals surface area contributed by atoms with E-state index >= 15 is 0 Å². The van der Waals surface area contributed by atoms with Crippen LogP contribution in [0.3, 0.4) is 0 Å². The number of aliphatic hydroxyl groups excluding tert-OH is 1. The Morgan fingerprint density at radius 3 is 2.75 bits per heavy atom. The average molecular weight is 279 g/mol. The third-order valence-electron chi connectivity index (χ3n) is 2.38. The van der Waals surface area contributed by atoms with Gasteiger partial charge in [0.2, 0.25) is 0 Å². The monoisotopic (exact) mass is 279 g/mol. The summed E-state index contributed by atoms with van der Waals surface area (Å²) >= 11 is 0. The van der Waals surface area contributed by atoms with Crippen molar-refractivity contribution in [2.24, 2.45) is 10.7 Å². The van der Waals surface area contributed by atoms with Crippen molar-refractivity contribution in [3.63, 3.8) is 0 Å². The van der Waals surface area contributed by atoms with Crippen LogP contribution in [-0.2, 0) is 9.53 Å². The first-order valence-corrected chi connectivity index (χ1v) is 5.90. The van der Waals surface area contributed by atoms with Crippen LogP contribution < -0.4 is 5.73 Å². The molecule has 1 heterocycles. The van der Waals surface area contributed by atoms with Crippen LogP contribution in [0.2, 0.25) is 0 Å². The lowest BCUT2D eigenvalue weighted by molar-refractivity contribution is -0.138. The Labute approximate surface area is 116 Å².